The molecule has 0 aromatic heterocycles. The highest BCUT2D eigenvalue weighted by atomic mass is 28.4. The fourth-order valence-corrected chi connectivity index (χ4v) is 3.75. The van der Waals surface area contributed by atoms with Crippen LogP contribution in [0.15, 0.2) is 11.5 Å². The maximum Gasteiger partial charge on any atom is 0.241 e. The minimum Gasteiger partial charge on any atom is -0.545 e. The second kappa shape index (κ2) is 4.57. The van der Waals surface area contributed by atoms with Crippen molar-refractivity contribution in [2.45, 2.75) is 59.0 Å². The van der Waals surface area contributed by atoms with Gasteiger partial charge in [-0.25, -0.2) is 0 Å². The molecule has 1 aliphatic carbocycles. The van der Waals surface area contributed by atoms with Crippen LogP contribution < -0.4 is 0 Å². The fourth-order valence-electron chi connectivity index (χ4n) is 1.84. The van der Waals surface area contributed by atoms with Crippen LogP contribution in [-0.4, -0.2) is 16.6 Å². The Kier molecular flexibility index (Phi) is 3.95. The van der Waals surface area contributed by atoms with Gasteiger partial charge in [0.05, 0.1) is 0 Å². The zero-order valence-corrected chi connectivity index (χ0v) is 13.8. The average Bonchev–Trinajstić information content (AvgIpc) is 2.30. The number of hydrogen-bond acceptors (Lipinski definition) is 2. The quantitative estimate of drug-likeness (QED) is 0.699. The van der Waals surface area contributed by atoms with Crippen molar-refractivity contribution in [2.24, 2.45) is 5.92 Å². The van der Waals surface area contributed by atoms with Crippen molar-refractivity contribution in [2.75, 3.05) is 0 Å². The lowest BCUT2D eigenvalue weighted by Crippen LogP contribution is -2.29. The Hall–Kier alpha value is -0.226. The standard InChI is InChI=1S/C12H26O2Si2/c1-10-8-9-11(13-15(2,3)4)12(10)14-16(5,6)7/h10H,8-9H2,1-7H3. The van der Waals surface area contributed by atoms with Crippen LogP contribution in [0.4, 0.5) is 0 Å². The zero-order chi connectivity index (χ0) is 12.6. The molecule has 0 N–H and O–H groups in total. The van der Waals surface area contributed by atoms with Crippen LogP contribution in [0, 0.1) is 5.92 Å². The van der Waals surface area contributed by atoms with Crippen molar-refractivity contribution in [1.29, 1.82) is 0 Å². The third kappa shape index (κ3) is 4.33. The highest BCUT2D eigenvalue weighted by Crippen LogP contribution is 2.36. The molecule has 0 radical (unpaired) electrons. The minimum atomic E-state index is -1.50. The summed E-state index contributed by atoms with van der Waals surface area (Å²) in [5.74, 6) is 2.84. The van der Waals surface area contributed by atoms with Crippen LogP contribution in [-0.2, 0) is 8.85 Å². The van der Waals surface area contributed by atoms with Crippen LogP contribution in [0.3, 0.4) is 0 Å². The van der Waals surface area contributed by atoms with Crippen molar-refractivity contribution >= 4 is 16.6 Å². The molecule has 1 aliphatic rings. The van der Waals surface area contributed by atoms with E-state index in [2.05, 4.69) is 46.2 Å². The Labute approximate surface area is 102 Å². The molecule has 0 aliphatic heterocycles. The molecule has 2 nitrogen and oxygen atoms in total. The molecule has 0 saturated carbocycles. The molecule has 0 saturated heterocycles. The van der Waals surface area contributed by atoms with E-state index in [0.29, 0.717) is 5.92 Å². The Morgan fingerprint density at radius 2 is 1.44 bits per heavy atom. The Balaban J connectivity index is 2.84. The van der Waals surface area contributed by atoms with E-state index < -0.39 is 16.6 Å². The monoisotopic (exact) mass is 258 g/mol. The van der Waals surface area contributed by atoms with Gasteiger partial charge in [0.2, 0.25) is 16.6 Å². The first-order chi connectivity index (χ1) is 7.08. The second-order valence-corrected chi connectivity index (χ2v) is 15.5. The van der Waals surface area contributed by atoms with Gasteiger partial charge in [0.25, 0.3) is 0 Å². The van der Waals surface area contributed by atoms with Crippen molar-refractivity contribution < 1.29 is 8.85 Å². The van der Waals surface area contributed by atoms with Gasteiger partial charge in [-0.05, 0) is 45.7 Å². The van der Waals surface area contributed by atoms with Crippen molar-refractivity contribution in [3.8, 4) is 0 Å². The van der Waals surface area contributed by atoms with Crippen LogP contribution in [0.5, 0.6) is 0 Å². The first kappa shape index (κ1) is 13.8. The molecule has 94 valence electrons. The third-order valence-corrected chi connectivity index (χ3v) is 4.06. The molecule has 16 heavy (non-hydrogen) atoms. The summed E-state index contributed by atoms with van der Waals surface area (Å²) in [6, 6.07) is 0. The molecule has 0 fully saturated rings. The molecule has 0 bridgehead atoms. The second-order valence-electron chi connectivity index (χ2n) is 6.66. The lowest BCUT2D eigenvalue weighted by atomic mass is 10.1. The van der Waals surface area contributed by atoms with Gasteiger partial charge in [-0.1, -0.05) is 6.92 Å². The van der Waals surface area contributed by atoms with E-state index in [9.17, 15) is 0 Å². The summed E-state index contributed by atoms with van der Waals surface area (Å²) >= 11 is 0. The smallest absolute Gasteiger partial charge is 0.241 e. The van der Waals surface area contributed by atoms with Gasteiger partial charge in [0.15, 0.2) is 0 Å². The molecular weight excluding hydrogens is 232 g/mol. The first-order valence-electron chi connectivity index (χ1n) is 6.19. The van der Waals surface area contributed by atoms with E-state index in [-0.39, 0.29) is 0 Å². The van der Waals surface area contributed by atoms with E-state index >= 15 is 0 Å². The maximum absolute atomic E-state index is 6.19. The predicted octanol–water partition coefficient (Wildman–Crippen LogP) is 4.33. The van der Waals surface area contributed by atoms with Crippen molar-refractivity contribution in [3.05, 3.63) is 11.5 Å². The molecule has 4 heteroatoms. The lowest BCUT2D eigenvalue weighted by Gasteiger charge is -2.26. The van der Waals surface area contributed by atoms with Crippen LogP contribution in [0.25, 0.3) is 0 Å². The first-order valence-corrected chi connectivity index (χ1v) is 13.0. The number of allylic oxidation sites excluding steroid dienone is 2. The fraction of sp³-hybridized carbons (Fsp3) is 0.833. The van der Waals surface area contributed by atoms with E-state index in [1.165, 1.54) is 6.42 Å². The molecule has 0 aromatic carbocycles. The average molecular weight is 259 g/mol. The molecule has 1 unspecified atom stereocenters. The maximum atomic E-state index is 6.19. The summed E-state index contributed by atoms with van der Waals surface area (Å²) in [7, 11) is -3.00. The summed E-state index contributed by atoms with van der Waals surface area (Å²) in [6.07, 6.45) is 2.24. The van der Waals surface area contributed by atoms with E-state index in [4.69, 9.17) is 8.85 Å². The van der Waals surface area contributed by atoms with Crippen molar-refractivity contribution in [3.63, 3.8) is 0 Å². The van der Waals surface area contributed by atoms with E-state index in [1.54, 1.807) is 0 Å². The SMILES string of the molecule is CC1CCC(O[Si](C)(C)C)=C1O[Si](C)(C)C. The molecular formula is C12H26O2Si2. The van der Waals surface area contributed by atoms with Crippen molar-refractivity contribution in [1.82, 2.24) is 0 Å². The molecule has 0 spiro atoms. The normalized spacial score (nSPS) is 22.6. The summed E-state index contributed by atoms with van der Waals surface area (Å²) in [5, 5.41) is 0. The summed E-state index contributed by atoms with van der Waals surface area (Å²) < 4.78 is 12.3. The molecule has 0 heterocycles. The highest BCUT2D eigenvalue weighted by Gasteiger charge is 2.31. The van der Waals surface area contributed by atoms with Gasteiger partial charge in [0.1, 0.15) is 11.5 Å². The van der Waals surface area contributed by atoms with E-state index in [1.807, 2.05) is 0 Å². The third-order valence-electron chi connectivity index (χ3n) is 2.37. The summed E-state index contributed by atoms with van der Waals surface area (Å²) in [4.78, 5) is 0. The van der Waals surface area contributed by atoms with Gasteiger partial charge in [0, 0.05) is 12.3 Å². The largest absolute Gasteiger partial charge is 0.545 e. The van der Waals surface area contributed by atoms with Gasteiger partial charge in [-0.2, -0.15) is 0 Å². The van der Waals surface area contributed by atoms with Crippen LogP contribution in [0.1, 0.15) is 19.8 Å². The van der Waals surface area contributed by atoms with Gasteiger partial charge < -0.3 is 8.85 Å². The topological polar surface area (TPSA) is 18.5 Å². The molecule has 1 rings (SSSR count). The summed E-state index contributed by atoms with van der Waals surface area (Å²) in [6.45, 7) is 15.6. The van der Waals surface area contributed by atoms with Gasteiger partial charge >= 0.3 is 0 Å². The van der Waals surface area contributed by atoms with E-state index in [0.717, 1.165) is 17.9 Å². The number of hydrogen-bond donors (Lipinski definition) is 0. The lowest BCUT2D eigenvalue weighted by molar-refractivity contribution is 0.324. The van der Waals surface area contributed by atoms with Gasteiger partial charge in [-0.3, -0.25) is 0 Å². The summed E-state index contributed by atoms with van der Waals surface area (Å²) in [5.41, 5.74) is 0. The highest BCUT2D eigenvalue weighted by molar-refractivity contribution is 6.70. The molecule has 0 amide bonds. The Morgan fingerprint density at radius 1 is 0.938 bits per heavy atom. The van der Waals surface area contributed by atoms with Crippen LogP contribution >= 0.6 is 0 Å². The minimum absolute atomic E-state index is 0.540. The Morgan fingerprint density at radius 3 is 1.88 bits per heavy atom. The molecule has 0 aromatic rings. The van der Waals surface area contributed by atoms with Crippen LogP contribution in [0.2, 0.25) is 39.3 Å². The zero-order valence-electron chi connectivity index (χ0n) is 11.8. The Bertz CT molecular complexity index is 284. The van der Waals surface area contributed by atoms with Gasteiger partial charge in [-0.15, -0.1) is 0 Å². The molecule has 1 atom stereocenters. The number of rotatable bonds is 4. The predicted molar refractivity (Wildman–Crippen MR) is 74.3 cm³/mol.